The molecule has 9 nitrogen and oxygen atoms in total. The zero-order valence-electron chi connectivity index (χ0n) is 61.7. The average molecular weight is 1180 g/mol. The van der Waals surface area contributed by atoms with Crippen LogP contribution in [0, 0.1) is 111 Å². The van der Waals surface area contributed by atoms with Gasteiger partial charge in [0.25, 0.3) is 0 Å². The smallest absolute Gasteiger partial charge is 0.0652 e. The molecule has 0 amide bonds. The van der Waals surface area contributed by atoms with E-state index in [9.17, 15) is 10.2 Å². The van der Waals surface area contributed by atoms with Crippen LogP contribution in [0.2, 0.25) is 0 Å². The molecule has 0 spiro atoms. The second kappa shape index (κ2) is 52.6. The summed E-state index contributed by atoms with van der Waals surface area (Å²) >= 11 is 0. The van der Waals surface area contributed by atoms with E-state index in [4.69, 9.17) is 35.7 Å². The van der Waals surface area contributed by atoms with Gasteiger partial charge in [-0.2, -0.15) is 0 Å². The third-order valence-electron chi connectivity index (χ3n) is 17.2. The monoisotopic (exact) mass is 1180 g/mol. The predicted octanol–water partition coefficient (Wildman–Crippen LogP) is 18.2. The van der Waals surface area contributed by atoms with Gasteiger partial charge in [-0.05, 0) is 210 Å². The van der Waals surface area contributed by atoms with Crippen LogP contribution in [0.15, 0.2) is 0 Å². The molecule has 4 saturated carbocycles. The molecule has 4 rings (SSSR count). The van der Waals surface area contributed by atoms with E-state index < -0.39 is 5.60 Å². The normalized spacial score (nSPS) is 20.3. The molecule has 0 radical (unpaired) electrons. The van der Waals surface area contributed by atoms with Crippen molar-refractivity contribution in [2.24, 2.45) is 111 Å². The first kappa shape index (κ1) is 95.3. The van der Waals surface area contributed by atoms with Crippen LogP contribution in [-0.4, -0.2) is 102 Å². The fraction of sp³-hybridized carbons (Fsp3) is 1.00. The minimum absolute atomic E-state index is 0.0972. The lowest BCUT2D eigenvalue weighted by Gasteiger charge is -2.36. The summed E-state index contributed by atoms with van der Waals surface area (Å²) in [6.45, 7) is 69.4. The van der Waals surface area contributed by atoms with E-state index in [-0.39, 0.29) is 29.8 Å². The van der Waals surface area contributed by atoms with E-state index in [0.29, 0.717) is 96.9 Å². The molecule has 0 aliphatic heterocycles. The Morgan fingerprint density at radius 2 is 0.805 bits per heavy atom. The maximum absolute atomic E-state index is 9.30. The van der Waals surface area contributed by atoms with Crippen LogP contribution in [0.3, 0.4) is 0 Å². The molecule has 9 heteroatoms. The Morgan fingerprint density at radius 3 is 0.817 bits per heavy atom. The number of aliphatic hydroxyl groups excluding tert-OH is 7. The summed E-state index contributed by atoms with van der Waals surface area (Å²) in [5.74, 6) is 12.5. The summed E-state index contributed by atoms with van der Waals surface area (Å²) in [6.07, 6.45) is 14.8. The van der Waals surface area contributed by atoms with Gasteiger partial charge in [0.1, 0.15) is 0 Å². The van der Waals surface area contributed by atoms with Gasteiger partial charge in [0.05, 0.1) is 23.4 Å². The minimum Gasteiger partial charge on any atom is -0.396 e. The van der Waals surface area contributed by atoms with Crippen molar-refractivity contribution < 1.29 is 46.0 Å². The first-order valence-corrected chi connectivity index (χ1v) is 33.9. The fourth-order valence-corrected chi connectivity index (χ4v) is 8.78. The number of hydrogen-bond acceptors (Lipinski definition) is 9. The van der Waals surface area contributed by atoms with Crippen molar-refractivity contribution in [1.29, 1.82) is 0 Å². The minimum atomic E-state index is -0.478. The summed E-state index contributed by atoms with van der Waals surface area (Å²) in [5, 5.41) is 78.8. The Balaban J connectivity index is -0.000000151. The lowest BCUT2D eigenvalue weighted by atomic mass is 9.69. The van der Waals surface area contributed by atoms with Gasteiger partial charge in [-0.3, -0.25) is 0 Å². The van der Waals surface area contributed by atoms with Crippen molar-refractivity contribution >= 4 is 0 Å². The summed E-state index contributed by atoms with van der Waals surface area (Å²) in [5.41, 5.74) is -0.262. The molecule has 0 aromatic rings. The molecule has 0 aromatic carbocycles. The van der Waals surface area contributed by atoms with Crippen molar-refractivity contribution in [3.63, 3.8) is 0 Å². The first-order chi connectivity index (χ1) is 37.1. The molecule has 0 aromatic heterocycles. The van der Waals surface area contributed by atoms with Gasteiger partial charge in [0, 0.05) is 33.0 Å². The highest BCUT2D eigenvalue weighted by molar-refractivity contribution is 4.95. The van der Waals surface area contributed by atoms with Crippen LogP contribution in [0.4, 0.5) is 0 Å². The van der Waals surface area contributed by atoms with Crippen LogP contribution in [0.5, 0.6) is 0 Å². The van der Waals surface area contributed by atoms with Crippen LogP contribution in [-0.2, 0) is 0 Å². The van der Waals surface area contributed by atoms with Crippen LogP contribution in [0.25, 0.3) is 0 Å². The van der Waals surface area contributed by atoms with Crippen molar-refractivity contribution in [1.82, 2.24) is 0 Å². The number of aliphatic hydroxyl groups is 9. The van der Waals surface area contributed by atoms with Gasteiger partial charge in [0.15, 0.2) is 0 Å². The molecular formula is C73H160O9. The number of rotatable bonds is 20. The zero-order chi connectivity index (χ0) is 66.7. The Bertz CT molecular complexity index is 1210. The number of hydrogen-bond donors (Lipinski definition) is 9. The molecule has 9 N–H and O–H groups in total. The Kier molecular flexibility index (Phi) is 61.1. The second-order valence-corrected chi connectivity index (χ2v) is 31.8. The Labute approximate surface area is 516 Å². The molecular weight excluding hydrogens is 1020 g/mol. The van der Waals surface area contributed by atoms with Crippen molar-refractivity contribution in [2.45, 2.75) is 328 Å². The van der Waals surface area contributed by atoms with Crippen LogP contribution >= 0.6 is 0 Å². The predicted molar refractivity (Wildman–Crippen MR) is 363 cm³/mol. The van der Waals surface area contributed by atoms with Crippen molar-refractivity contribution in [3.8, 4) is 0 Å². The van der Waals surface area contributed by atoms with E-state index in [1.54, 1.807) is 0 Å². The SMILES string of the molecule is CC(C)C(C)(C)CO.CC(C)C1(CO)CC1.CC(C)CC(C)(C)O.CC(C)CC1(O)CC1.CC(C)CCO.CC(C)C[C@@H](C)O.CC(C)C[C@H](C)O.CC(C)[C@@H](C)CO.CC(C)[C@@H]1CC[C@H]1C.CC(C)[C@H](C)CO.CC(C)[C@H]1CC[C@@H]1C. The Hall–Kier alpha value is -0.360. The summed E-state index contributed by atoms with van der Waals surface area (Å²) < 4.78 is 0. The molecule has 0 saturated heterocycles. The third-order valence-corrected chi connectivity index (χ3v) is 17.2. The molecule has 82 heavy (non-hydrogen) atoms. The molecule has 0 bridgehead atoms. The maximum Gasteiger partial charge on any atom is 0.0652 e. The highest BCUT2D eigenvalue weighted by Crippen LogP contribution is 2.51. The van der Waals surface area contributed by atoms with Crippen LogP contribution in [0.1, 0.15) is 305 Å². The second-order valence-electron chi connectivity index (χ2n) is 31.8. The van der Waals surface area contributed by atoms with Crippen molar-refractivity contribution in [3.05, 3.63) is 0 Å². The van der Waals surface area contributed by atoms with Crippen molar-refractivity contribution in [2.75, 3.05) is 33.0 Å². The first-order valence-electron chi connectivity index (χ1n) is 33.9. The van der Waals surface area contributed by atoms with E-state index >= 15 is 0 Å². The highest BCUT2D eigenvalue weighted by atomic mass is 16.3. The lowest BCUT2D eigenvalue weighted by molar-refractivity contribution is 0.0578. The summed E-state index contributed by atoms with van der Waals surface area (Å²) in [6, 6.07) is 0. The van der Waals surface area contributed by atoms with Gasteiger partial charge in [-0.1, -0.05) is 207 Å². The molecule has 0 heterocycles. The summed E-state index contributed by atoms with van der Waals surface area (Å²) in [4.78, 5) is 0. The molecule has 4 aliphatic rings. The average Bonchev–Trinajstić information content (AvgIpc) is 4.24. The quantitative estimate of drug-likeness (QED) is 0.0573. The van der Waals surface area contributed by atoms with Gasteiger partial charge in [0.2, 0.25) is 0 Å². The molecule has 8 atom stereocenters. The lowest BCUT2D eigenvalue weighted by Crippen LogP contribution is -2.27. The topological polar surface area (TPSA) is 182 Å². The maximum atomic E-state index is 9.30. The largest absolute Gasteiger partial charge is 0.396 e. The van der Waals surface area contributed by atoms with Gasteiger partial charge >= 0.3 is 0 Å². The van der Waals surface area contributed by atoms with Gasteiger partial charge in [-0.15, -0.1) is 0 Å². The van der Waals surface area contributed by atoms with E-state index in [1.165, 1.54) is 38.5 Å². The highest BCUT2D eigenvalue weighted by Gasteiger charge is 2.44. The van der Waals surface area contributed by atoms with E-state index in [2.05, 4.69) is 180 Å². The third kappa shape index (κ3) is 65.6. The molecule has 506 valence electrons. The summed E-state index contributed by atoms with van der Waals surface area (Å²) in [7, 11) is 0. The zero-order valence-corrected chi connectivity index (χ0v) is 61.7. The van der Waals surface area contributed by atoms with Gasteiger partial charge in [-0.25, -0.2) is 0 Å². The van der Waals surface area contributed by atoms with Crippen LogP contribution < -0.4 is 0 Å². The molecule has 4 aliphatic carbocycles. The van der Waals surface area contributed by atoms with Gasteiger partial charge < -0.3 is 46.0 Å². The van der Waals surface area contributed by atoms with E-state index in [0.717, 1.165) is 80.5 Å². The molecule has 0 unspecified atom stereocenters. The Morgan fingerprint density at radius 1 is 0.463 bits per heavy atom. The molecule has 4 fully saturated rings. The standard InChI is InChI=1S/2C8H16.2C7H14O.2C7H16O.4C6H14O.C5H12O/c2*1-6(2)8-5-4-7(8)3;1-6(2)7(5-8)3-4-7;1-6(2)5-7(8)3-4-7;1-6(2)7(3,4)5-8;1-6(2)5-7(3,4)8;2*1-5(2)6(3)4-7;2*1-5(2)4-6(3)7;1-5(2)3-4-6/h2*6-8H,4-5H2,1-3H3;2*6,8H,3-5H2,1-2H3;2*6,8H,5H2,1-4H3;4*5-7H,4H2,1-3H3;5-6H,3-4H2,1-2H3/t2*7-,8+;;;;;4*6-;/m10....1010./s1. The fourth-order valence-electron chi connectivity index (χ4n) is 8.78. The van der Waals surface area contributed by atoms with E-state index in [1.807, 2.05) is 41.5 Å².